The molecule has 3 N–H and O–H groups in total. The Hall–Kier alpha value is -0.830. The van der Waals surface area contributed by atoms with Crippen LogP contribution in [0.4, 0.5) is 0 Å². The lowest BCUT2D eigenvalue weighted by Crippen LogP contribution is -2.44. The number of unbranched alkanes of at least 4 members (excludes halogenated alkanes) is 2. The van der Waals surface area contributed by atoms with Crippen molar-refractivity contribution in [3.05, 3.63) is 12.2 Å². The van der Waals surface area contributed by atoms with E-state index in [1.54, 1.807) is 6.92 Å². The van der Waals surface area contributed by atoms with E-state index in [9.17, 15) is 4.79 Å². The largest absolute Gasteiger partial charge is 0.480 e. The van der Waals surface area contributed by atoms with Crippen LogP contribution in [0.1, 0.15) is 46.0 Å². The molecule has 1 atom stereocenters. The third-order valence-corrected chi connectivity index (χ3v) is 2.18. The molecule has 14 heavy (non-hydrogen) atoms. The molecule has 0 unspecified atom stereocenters. The second-order valence-corrected chi connectivity index (χ2v) is 3.87. The lowest BCUT2D eigenvalue weighted by atomic mass is 9.96. The molecule has 82 valence electrons. The first-order valence-corrected chi connectivity index (χ1v) is 5.18. The van der Waals surface area contributed by atoms with E-state index >= 15 is 0 Å². The number of rotatable bonds is 7. The van der Waals surface area contributed by atoms with E-state index < -0.39 is 11.5 Å². The van der Waals surface area contributed by atoms with Crippen molar-refractivity contribution in [2.45, 2.75) is 51.5 Å². The Balaban J connectivity index is 3.59. The molecule has 0 rings (SSSR count). The fraction of sp³-hybridized carbons (Fsp3) is 0.727. The van der Waals surface area contributed by atoms with Crippen LogP contribution in [0.3, 0.4) is 0 Å². The van der Waals surface area contributed by atoms with Crippen molar-refractivity contribution in [1.29, 1.82) is 0 Å². The van der Waals surface area contributed by atoms with E-state index in [0.29, 0.717) is 6.42 Å². The molecule has 0 bridgehead atoms. The Morgan fingerprint density at radius 1 is 1.43 bits per heavy atom. The Labute approximate surface area is 86.0 Å². The summed E-state index contributed by atoms with van der Waals surface area (Å²) in [6.45, 7) is 3.69. The summed E-state index contributed by atoms with van der Waals surface area (Å²) in [4.78, 5) is 10.6. The van der Waals surface area contributed by atoms with Crippen LogP contribution in [-0.2, 0) is 4.79 Å². The molecule has 0 heterocycles. The van der Waals surface area contributed by atoms with Crippen molar-refractivity contribution in [2.24, 2.45) is 5.73 Å². The van der Waals surface area contributed by atoms with Crippen LogP contribution < -0.4 is 5.73 Å². The molecule has 0 saturated heterocycles. The molecule has 0 amide bonds. The van der Waals surface area contributed by atoms with Crippen LogP contribution in [-0.4, -0.2) is 16.6 Å². The summed E-state index contributed by atoms with van der Waals surface area (Å²) in [5.74, 6) is -0.921. The molecule has 0 saturated carbocycles. The highest BCUT2D eigenvalue weighted by atomic mass is 16.4. The number of hydrogen-bond acceptors (Lipinski definition) is 2. The Morgan fingerprint density at radius 2 is 2.00 bits per heavy atom. The standard InChI is InChI=1S/C11H21NO2/c1-3-4-5-6-7-8-9-11(2,12)10(13)14/h5-6H,3-4,7-9,12H2,1-2H3,(H,13,14)/b6-5+/t11-/m0/s1. The molecule has 0 aromatic rings. The maximum absolute atomic E-state index is 10.6. The normalized spacial score (nSPS) is 15.6. The van der Waals surface area contributed by atoms with Crippen molar-refractivity contribution in [3.63, 3.8) is 0 Å². The van der Waals surface area contributed by atoms with Crippen LogP contribution in [0.25, 0.3) is 0 Å². The summed E-state index contributed by atoms with van der Waals surface area (Å²) < 4.78 is 0. The molecule has 0 aliphatic heterocycles. The Morgan fingerprint density at radius 3 is 2.50 bits per heavy atom. The predicted molar refractivity (Wildman–Crippen MR) is 58.1 cm³/mol. The number of nitrogens with two attached hydrogens (primary N) is 1. The van der Waals surface area contributed by atoms with Crippen molar-refractivity contribution in [1.82, 2.24) is 0 Å². The smallest absolute Gasteiger partial charge is 0.323 e. The first kappa shape index (κ1) is 13.2. The molecular formula is C11H21NO2. The first-order valence-electron chi connectivity index (χ1n) is 5.18. The summed E-state index contributed by atoms with van der Waals surface area (Å²) >= 11 is 0. The monoisotopic (exact) mass is 199 g/mol. The molecule has 3 nitrogen and oxygen atoms in total. The highest BCUT2D eigenvalue weighted by Gasteiger charge is 2.26. The van der Waals surface area contributed by atoms with E-state index in [1.807, 2.05) is 0 Å². The quantitative estimate of drug-likeness (QED) is 0.488. The van der Waals surface area contributed by atoms with Gasteiger partial charge in [0.15, 0.2) is 0 Å². The zero-order valence-electron chi connectivity index (χ0n) is 9.12. The number of allylic oxidation sites excluding steroid dienone is 2. The van der Waals surface area contributed by atoms with Gasteiger partial charge < -0.3 is 10.8 Å². The maximum atomic E-state index is 10.6. The fourth-order valence-corrected chi connectivity index (χ4v) is 1.10. The second-order valence-electron chi connectivity index (χ2n) is 3.87. The van der Waals surface area contributed by atoms with Gasteiger partial charge in [-0.25, -0.2) is 0 Å². The van der Waals surface area contributed by atoms with E-state index in [2.05, 4.69) is 19.1 Å². The summed E-state index contributed by atoms with van der Waals surface area (Å²) in [7, 11) is 0. The summed E-state index contributed by atoms with van der Waals surface area (Å²) in [6, 6.07) is 0. The molecule has 0 aliphatic rings. The number of hydrogen-bond donors (Lipinski definition) is 2. The van der Waals surface area contributed by atoms with Crippen LogP contribution >= 0.6 is 0 Å². The van der Waals surface area contributed by atoms with E-state index in [1.165, 1.54) is 0 Å². The molecule has 0 aromatic heterocycles. The Bertz CT molecular complexity index is 197. The molecule has 3 heteroatoms. The van der Waals surface area contributed by atoms with Gasteiger partial charge in [-0.2, -0.15) is 0 Å². The van der Waals surface area contributed by atoms with Gasteiger partial charge in [-0.15, -0.1) is 0 Å². The molecule has 0 aromatic carbocycles. The van der Waals surface area contributed by atoms with E-state index in [-0.39, 0.29) is 0 Å². The van der Waals surface area contributed by atoms with Gasteiger partial charge in [-0.1, -0.05) is 25.5 Å². The van der Waals surface area contributed by atoms with Gasteiger partial charge in [0, 0.05) is 0 Å². The minimum atomic E-state index is -1.07. The van der Waals surface area contributed by atoms with Gasteiger partial charge >= 0.3 is 5.97 Å². The summed E-state index contributed by atoms with van der Waals surface area (Å²) in [5, 5.41) is 8.74. The van der Waals surface area contributed by atoms with Crippen LogP contribution in [0, 0.1) is 0 Å². The van der Waals surface area contributed by atoms with Crippen molar-refractivity contribution in [3.8, 4) is 0 Å². The van der Waals surface area contributed by atoms with Gasteiger partial charge in [0.2, 0.25) is 0 Å². The molecule has 0 spiro atoms. The van der Waals surface area contributed by atoms with Crippen LogP contribution in [0.2, 0.25) is 0 Å². The molecule has 0 radical (unpaired) electrons. The van der Waals surface area contributed by atoms with Gasteiger partial charge in [0.05, 0.1) is 0 Å². The average molecular weight is 199 g/mol. The van der Waals surface area contributed by atoms with Gasteiger partial charge in [-0.05, 0) is 32.6 Å². The number of aliphatic carboxylic acids is 1. The van der Waals surface area contributed by atoms with E-state index in [4.69, 9.17) is 10.8 Å². The maximum Gasteiger partial charge on any atom is 0.323 e. The minimum Gasteiger partial charge on any atom is -0.480 e. The summed E-state index contributed by atoms with van der Waals surface area (Å²) in [5.41, 5.74) is 4.51. The fourth-order valence-electron chi connectivity index (χ4n) is 1.10. The first-order chi connectivity index (χ1) is 6.50. The molecule has 0 aliphatic carbocycles. The zero-order chi connectivity index (χ0) is 11.0. The highest BCUT2D eigenvalue weighted by molar-refractivity contribution is 5.77. The van der Waals surface area contributed by atoms with Gasteiger partial charge in [0.25, 0.3) is 0 Å². The predicted octanol–water partition coefficient (Wildman–Crippen LogP) is 2.31. The zero-order valence-corrected chi connectivity index (χ0v) is 9.12. The average Bonchev–Trinajstić information content (AvgIpc) is 2.10. The highest BCUT2D eigenvalue weighted by Crippen LogP contribution is 2.11. The lowest BCUT2D eigenvalue weighted by molar-refractivity contribution is -0.142. The third-order valence-electron chi connectivity index (χ3n) is 2.18. The third kappa shape index (κ3) is 5.75. The molecular weight excluding hydrogens is 178 g/mol. The second kappa shape index (κ2) is 6.60. The van der Waals surface area contributed by atoms with Crippen molar-refractivity contribution >= 4 is 5.97 Å². The lowest BCUT2D eigenvalue weighted by Gasteiger charge is -2.17. The SMILES string of the molecule is CCC/C=C/CCC[C@](C)(N)C(=O)O. The van der Waals surface area contributed by atoms with E-state index in [0.717, 1.165) is 25.7 Å². The number of carboxylic acids is 1. The van der Waals surface area contributed by atoms with Gasteiger partial charge in [0.1, 0.15) is 5.54 Å². The van der Waals surface area contributed by atoms with Gasteiger partial charge in [-0.3, -0.25) is 4.79 Å². The number of carboxylic acid groups (broad SMARTS) is 1. The molecule has 0 fully saturated rings. The minimum absolute atomic E-state index is 0.527. The van der Waals surface area contributed by atoms with Crippen molar-refractivity contribution in [2.75, 3.05) is 0 Å². The van der Waals surface area contributed by atoms with Crippen LogP contribution in [0.5, 0.6) is 0 Å². The van der Waals surface area contributed by atoms with Crippen molar-refractivity contribution < 1.29 is 9.90 Å². The topological polar surface area (TPSA) is 63.3 Å². The van der Waals surface area contributed by atoms with Crippen LogP contribution in [0.15, 0.2) is 12.2 Å². The summed E-state index contributed by atoms with van der Waals surface area (Å²) in [6.07, 6.45) is 8.76. The Kier molecular flexibility index (Phi) is 6.21. The number of carbonyl (C=O) groups is 1.